The van der Waals surface area contributed by atoms with E-state index in [1.807, 2.05) is 30.3 Å². The summed E-state index contributed by atoms with van der Waals surface area (Å²) in [6, 6.07) is 63.6. The molecule has 0 radical (unpaired) electrons. The molecular weight excluding hydrogens is 649 g/mol. The van der Waals surface area contributed by atoms with Gasteiger partial charge in [-0.25, -0.2) is 9.97 Å². The van der Waals surface area contributed by atoms with Crippen molar-refractivity contribution in [2.45, 2.75) is 0 Å². The number of para-hydroxylation sites is 5. The third-order valence-electron chi connectivity index (χ3n) is 10.3. The van der Waals surface area contributed by atoms with Gasteiger partial charge in [0.15, 0.2) is 11.4 Å². The minimum absolute atomic E-state index is 0.680. The summed E-state index contributed by atoms with van der Waals surface area (Å²) in [5.74, 6) is 0.680. The lowest BCUT2D eigenvalue weighted by Gasteiger charge is -2.12. The average molecular weight is 679 g/mol. The molecule has 7 aromatic carbocycles. The van der Waals surface area contributed by atoms with Crippen LogP contribution in [0.3, 0.4) is 0 Å². The SMILES string of the molecule is c1ccc(-c2nc(-c3cccc(-c4c5ccccc5n5c4oc4ccccc45)c3)cc(-c3cccc(-n4c5ccccc5c5ccccc54)c3)n2)cc1. The van der Waals surface area contributed by atoms with Crippen LogP contribution in [0.1, 0.15) is 0 Å². The van der Waals surface area contributed by atoms with E-state index in [1.54, 1.807) is 0 Å². The normalized spacial score (nSPS) is 11.8. The lowest BCUT2D eigenvalue weighted by atomic mass is 9.99. The van der Waals surface area contributed by atoms with Crippen LogP contribution in [-0.4, -0.2) is 18.9 Å². The molecule has 11 rings (SSSR count). The van der Waals surface area contributed by atoms with Crippen molar-refractivity contribution < 1.29 is 4.42 Å². The van der Waals surface area contributed by atoms with Crippen LogP contribution in [-0.2, 0) is 0 Å². The topological polar surface area (TPSA) is 48.3 Å². The maximum Gasteiger partial charge on any atom is 0.213 e. The second-order valence-electron chi connectivity index (χ2n) is 13.4. The van der Waals surface area contributed by atoms with Crippen molar-refractivity contribution in [2.24, 2.45) is 0 Å². The number of hydrogen-bond donors (Lipinski definition) is 0. The Hall–Kier alpha value is -7.24. The lowest BCUT2D eigenvalue weighted by molar-refractivity contribution is 0.658. The van der Waals surface area contributed by atoms with E-state index in [-0.39, 0.29) is 0 Å². The Morgan fingerprint density at radius 1 is 0.396 bits per heavy atom. The monoisotopic (exact) mass is 678 g/mol. The van der Waals surface area contributed by atoms with Gasteiger partial charge < -0.3 is 8.98 Å². The molecule has 0 spiro atoms. The van der Waals surface area contributed by atoms with E-state index in [1.165, 1.54) is 21.8 Å². The van der Waals surface area contributed by atoms with Crippen LogP contribution in [0.5, 0.6) is 0 Å². The number of oxazole rings is 1. The Kier molecular flexibility index (Phi) is 6.48. The molecule has 0 amide bonds. The molecule has 0 saturated heterocycles. The largest absolute Gasteiger partial charge is 0.438 e. The first-order chi connectivity index (χ1) is 26.3. The van der Waals surface area contributed by atoms with Crippen molar-refractivity contribution in [3.8, 4) is 50.7 Å². The zero-order chi connectivity index (χ0) is 34.9. The molecule has 0 aliphatic heterocycles. The molecule has 0 saturated carbocycles. The second-order valence-corrected chi connectivity index (χ2v) is 13.4. The van der Waals surface area contributed by atoms with Gasteiger partial charge in [-0.15, -0.1) is 0 Å². The molecular formula is C48H30N4O. The molecule has 0 atom stereocenters. The van der Waals surface area contributed by atoms with E-state index in [9.17, 15) is 0 Å². The van der Waals surface area contributed by atoms with E-state index in [4.69, 9.17) is 14.4 Å². The van der Waals surface area contributed by atoms with E-state index in [0.29, 0.717) is 5.82 Å². The molecule has 11 aromatic rings. The maximum absolute atomic E-state index is 6.55. The predicted octanol–water partition coefficient (Wildman–Crippen LogP) is 12.4. The Morgan fingerprint density at radius 3 is 1.68 bits per heavy atom. The quantitative estimate of drug-likeness (QED) is 0.182. The molecule has 0 unspecified atom stereocenters. The zero-order valence-corrected chi connectivity index (χ0v) is 28.5. The van der Waals surface area contributed by atoms with Gasteiger partial charge in [-0.05, 0) is 60.2 Å². The molecule has 0 aliphatic rings. The van der Waals surface area contributed by atoms with Crippen LogP contribution in [0.15, 0.2) is 186 Å². The number of benzene rings is 7. The molecule has 0 aliphatic carbocycles. The van der Waals surface area contributed by atoms with E-state index in [2.05, 4.69) is 161 Å². The van der Waals surface area contributed by atoms with Crippen LogP contribution in [0, 0.1) is 0 Å². The molecule has 0 bridgehead atoms. The van der Waals surface area contributed by atoms with Crippen molar-refractivity contribution in [1.82, 2.24) is 18.9 Å². The van der Waals surface area contributed by atoms with Crippen LogP contribution in [0.25, 0.3) is 100 Å². The molecule has 4 heterocycles. The Balaban J connectivity index is 1.10. The number of fused-ring (bicyclic) bond motifs is 8. The summed E-state index contributed by atoms with van der Waals surface area (Å²) in [5, 5.41) is 3.62. The van der Waals surface area contributed by atoms with Crippen molar-refractivity contribution in [2.75, 3.05) is 0 Å². The molecule has 5 nitrogen and oxygen atoms in total. The summed E-state index contributed by atoms with van der Waals surface area (Å²) in [6.45, 7) is 0. The number of rotatable bonds is 5. The highest BCUT2D eigenvalue weighted by Gasteiger charge is 2.20. The summed E-state index contributed by atoms with van der Waals surface area (Å²) >= 11 is 0. The maximum atomic E-state index is 6.55. The average Bonchev–Trinajstić information content (AvgIpc) is 3.88. The highest BCUT2D eigenvalue weighted by Crippen LogP contribution is 2.41. The third-order valence-corrected chi connectivity index (χ3v) is 10.3. The highest BCUT2D eigenvalue weighted by atomic mass is 16.3. The van der Waals surface area contributed by atoms with Crippen molar-refractivity contribution in [1.29, 1.82) is 0 Å². The highest BCUT2D eigenvalue weighted by molar-refractivity contribution is 6.09. The zero-order valence-electron chi connectivity index (χ0n) is 28.5. The van der Waals surface area contributed by atoms with Gasteiger partial charge in [0.2, 0.25) is 5.71 Å². The lowest BCUT2D eigenvalue weighted by Crippen LogP contribution is -1.98. The predicted molar refractivity (Wildman–Crippen MR) is 216 cm³/mol. The number of hydrogen-bond acceptors (Lipinski definition) is 3. The van der Waals surface area contributed by atoms with Gasteiger partial charge in [0.25, 0.3) is 0 Å². The van der Waals surface area contributed by atoms with Gasteiger partial charge in [-0.1, -0.05) is 127 Å². The molecule has 248 valence electrons. The molecule has 0 N–H and O–H groups in total. The van der Waals surface area contributed by atoms with Crippen molar-refractivity contribution in [3.63, 3.8) is 0 Å². The summed E-state index contributed by atoms with van der Waals surface area (Å²) in [5.41, 5.74) is 14.1. The summed E-state index contributed by atoms with van der Waals surface area (Å²) in [7, 11) is 0. The molecule has 53 heavy (non-hydrogen) atoms. The van der Waals surface area contributed by atoms with Gasteiger partial charge in [0.1, 0.15) is 0 Å². The van der Waals surface area contributed by atoms with Crippen molar-refractivity contribution in [3.05, 3.63) is 182 Å². The van der Waals surface area contributed by atoms with Gasteiger partial charge in [0.05, 0.1) is 39.0 Å². The third kappa shape index (κ3) is 4.64. The summed E-state index contributed by atoms with van der Waals surface area (Å²) in [6.07, 6.45) is 0. The van der Waals surface area contributed by atoms with Gasteiger partial charge in [0, 0.05) is 38.5 Å². The first-order valence-corrected chi connectivity index (χ1v) is 17.8. The summed E-state index contributed by atoms with van der Waals surface area (Å²) in [4.78, 5) is 10.4. The molecule has 0 fully saturated rings. The van der Waals surface area contributed by atoms with E-state index < -0.39 is 0 Å². The minimum Gasteiger partial charge on any atom is -0.438 e. The molecule has 4 aromatic heterocycles. The van der Waals surface area contributed by atoms with E-state index >= 15 is 0 Å². The number of aromatic nitrogens is 4. The van der Waals surface area contributed by atoms with Crippen LogP contribution >= 0.6 is 0 Å². The fourth-order valence-electron chi connectivity index (χ4n) is 7.96. The Bertz CT molecular complexity index is 3130. The summed E-state index contributed by atoms with van der Waals surface area (Å²) < 4.78 is 11.1. The second kappa shape index (κ2) is 11.7. The van der Waals surface area contributed by atoms with Gasteiger partial charge in [-0.3, -0.25) is 4.40 Å². The van der Waals surface area contributed by atoms with Crippen LogP contribution < -0.4 is 0 Å². The minimum atomic E-state index is 0.680. The Morgan fingerprint density at radius 2 is 0.943 bits per heavy atom. The van der Waals surface area contributed by atoms with Gasteiger partial charge in [-0.2, -0.15) is 0 Å². The van der Waals surface area contributed by atoms with Gasteiger partial charge >= 0.3 is 0 Å². The fourth-order valence-corrected chi connectivity index (χ4v) is 7.96. The van der Waals surface area contributed by atoms with E-state index in [0.717, 1.165) is 72.6 Å². The molecule has 5 heteroatoms. The smallest absolute Gasteiger partial charge is 0.213 e. The first kappa shape index (κ1) is 29.5. The standard InChI is InChI=1S/C48H30N4O/c1-2-14-31(15-3-1)47-49-39(30-40(50-47)33-17-13-19-35(29-33)51-41-23-7-4-20-36(41)37-21-5-8-24-42(37)51)32-16-12-18-34(28-32)46-38-22-6-9-25-43(38)52-44-26-10-11-27-45(44)53-48(46)52/h1-30H. The number of nitrogens with zero attached hydrogens (tertiary/aromatic N) is 4. The Labute approximate surface area is 304 Å². The first-order valence-electron chi connectivity index (χ1n) is 17.8. The van der Waals surface area contributed by atoms with Crippen molar-refractivity contribution >= 4 is 49.5 Å². The van der Waals surface area contributed by atoms with Crippen LogP contribution in [0.2, 0.25) is 0 Å². The van der Waals surface area contributed by atoms with Crippen LogP contribution in [0.4, 0.5) is 0 Å². The fraction of sp³-hybridized carbons (Fsp3) is 0.